The van der Waals surface area contributed by atoms with Crippen molar-refractivity contribution in [3.63, 3.8) is 0 Å². The van der Waals surface area contributed by atoms with Crippen molar-refractivity contribution in [2.45, 2.75) is 12.8 Å². The van der Waals surface area contributed by atoms with Crippen LogP contribution in [0.15, 0.2) is 59.1 Å². The second-order valence-corrected chi connectivity index (χ2v) is 6.19. The van der Waals surface area contributed by atoms with Crippen LogP contribution in [0.1, 0.15) is 12.3 Å². The highest BCUT2D eigenvalue weighted by molar-refractivity contribution is 5.76. The summed E-state index contributed by atoms with van der Waals surface area (Å²) in [5.74, 6) is -0.108. The van der Waals surface area contributed by atoms with Crippen LogP contribution in [0, 0.1) is 11.6 Å². The number of halogens is 2. The molecule has 0 atom stereocenters. The molecule has 1 heterocycles. The van der Waals surface area contributed by atoms with Crippen molar-refractivity contribution in [3.8, 4) is 17.1 Å². The van der Waals surface area contributed by atoms with E-state index in [-0.39, 0.29) is 24.7 Å². The molecular formula is C21H20F2N2O3. The molecule has 28 heavy (non-hydrogen) atoms. The molecule has 0 N–H and O–H groups in total. The summed E-state index contributed by atoms with van der Waals surface area (Å²) in [4.78, 5) is 17.8. The largest absolute Gasteiger partial charge is 0.489 e. The topological polar surface area (TPSA) is 55.6 Å². The van der Waals surface area contributed by atoms with Crippen LogP contribution in [-0.2, 0) is 11.2 Å². The van der Waals surface area contributed by atoms with Crippen molar-refractivity contribution in [3.05, 3.63) is 72.3 Å². The first-order valence-corrected chi connectivity index (χ1v) is 8.85. The first-order valence-electron chi connectivity index (χ1n) is 8.85. The van der Waals surface area contributed by atoms with Crippen molar-refractivity contribution < 1.29 is 22.7 Å². The molecule has 1 amide bonds. The van der Waals surface area contributed by atoms with Gasteiger partial charge in [0.15, 0.2) is 23.2 Å². The van der Waals surface area contributed by atoms with Crippen LogP contribution < -0.4 is 4.74 Å². The monoisotopic (exact) mass is 386 g/mol. The van der Waals surface area contributed by atoms with Gasteiger partial charge >= 0.3 is 0 Å². The normalized spacial score (nSPS) is 10.7. The van der Waals surface area contributed by atoms with Gasteiger partial charge in [0.1, 0.15) is 12.4 Å². The first-order chi connectivity index (χ1) is 13.5. The quantitative estimate of drug-likeness (QED) is 0.585. The third kappa shape index (κ3) is 4.94. The number of hydrogen-bond donors (Lipinski definition) is 0. The molecule has 3 aromatic rings. The van der Waals surface area contributed by atoms with Crippen molar-refractivity contribution in [2.75, 3.05) is 20.2 Å². The molecule has 2 aromatic carbocycles. The van der Waals surface area contributed by atoms with E-state index in [1.54, 1.807) is 37.4 Å². The molecule has 0 fully saturated rings. The fourth-order valence-electron chi connectivity index (χ4n) is 2.60. The molecule has 146 valence electrons. The number of para-hydroxylation sites is 1. The van der Waals surface area contributed by atoms with E-state index in [1.165, 1.54) is 29.3 Å². The Labute approximate surface area is 161 Å². The Kier molecular flexibility index (Phi) is 6.37. The van der Waals surface area contributed by atoms with Crippen LogP contribution in [0.2, 0.25) is 0 Å². The summed E-state index contributed by atoms with van der Waals surface area (Å²) in [6.07, 6.45) is 1.93. The second kappa shape index (κ2) is 9.12. The zero-order valence-electron chi connectivity index (χ0n) is 15.4. The molecule has 5 nitrogen and oxygen atoms in total. The van der Waals surface area contributed by atoms with Crippen LogP contribution >= 0.6 is 0 Å². The number of amides is 1. The van der Waals surface area contributed by atoms with Gasteiger partial charge in [-0.15, -0.1) is 0 Å². The Hall–Kier alpha value is -3.22. The maximum Gasteiger partial charge on any atom is 0.222 e. The van der Waals surface area contributed by atoms with Gasteiger partial charge < -0.3 is 14.1 Å². The summed E-state index contributed by atoms with van der Waals surface area (Å²) in [7, 11) is 1.65. The third-order valence-corrected chi connectivity index (χ3v) is 4.19. The van der Waals surface area contributed by atoms with E-state index in [4.69, 9.17) is 9.15 Å². The summed E-state index contributed by atoms with van der Waals surface area (Å²) in [5.41, 5.74) is 0.329. The minimum Gasteiger partial charge on any atom is -0.489 e. The number of rotatable bonds is 8. The molecule has 0 unspecified atom stereocenters. The number of nitrogens with zero attached hydrogens (tertiary/aromatic N) is 2. The molecule has 0 saturated heterocycles. The number of oxazole rings is 1. The van der Waals surface area contributed by atoms with Gasteiger partial charge in [-0.25, -0.2) is 13.8 Å². The molecular weight excluding hydrogens is 366 g/mol. The lowest BCUT2D eigenvalue weighted by molar-refractivity contribution is -0.130. The minimum absolute atomic E-state index is 0.122. The molecule has 0 bridgehead atoms. The summed E-state index contributed by atoms with van der Waals surface area (Å²) in [5, 5.41) is 0. The fraction of sp³-hybridized carbons (Fsp3) is 0.238. The fourth-order valence-corrected chi connectivity index (χ4v) is 2.60. The summed E-state index contributed by atoms with van der Waals surface area (Å²) in [6, 6.07) is 12.4. The number of aryl methyl sites for hydroxylation is 1. The lowest BCUT2D eigenvalue weighted by Crippen LogP contribution is -2.31. The highest BCUT2D eigenvalue weighted by Crippen LogP contribution is 2.23. The molecule has 1 aromatic heterocycles. The minimum atomic E-state index is -0.439. The smallest absolute Gasteiger partial charge is 0.222 e. The Balaban J connectivity index is 1.46. The number of likely N-dealkylation sites (N-methyl/N-ethyl adjacent to an activating group) is 1. The van der Waals surface area contributed by atoms with Crippen LogP contribution in [0.5, 0.6) is 5.75 Å². The molecule has 0 aliphatic rings. The zero-order valence-corrected chi connectivity index (χ0v) is 15.4. The average Bonchev–Trinajstić information content (AvgIpc) is 3.16. The molecule has 0 spiro atoms. The number of carbonyl (C=O) groups excluding carboxylic acids is 1. The van der Waals surface area contributed by atoms with E-state index in [1.807, 2.05) is 0 Å². The van der Waals surface area contributed by atoms with Crippen molar-refractivity contribution >= 4 is 5.91 Å². The molecule has 0 aliphatic heterocycles. The third-order valence-electron chi connectivity index (χ3n) is 4.19. The Morgan fingerprint density at radius 1 is 1.11 bits per heavy atom. The Bertz CT molecular complexity index is 943. The molecule has 0 radical (unpaired) electrons. The lowest BCUT2D eigenvalue weighted by Gasteiger charge is -2.17. The number of benzene rings is 2. The number of carbonyl (C=O) groups is 1. The van der Waals surface area contributed by atoms with Crippen molar-refractivity contribution in [1.82, 2.24) is 9.88 Å². The first kappa shape index (κ1) is 19.5. The Morgan fingerprint density at radius 3 is 2.57 bits per heavy atom. The van der Waals surface area contributed by atoms with Crippen LogP contribution in [0.3, 0.4) is 0 Å². The summed E-state index contributed by atoms with van der Waals surface area (Å²) >= 11 is 0. The summed E-state index contributed by atoms with van der Waals surface area (Å²) in [6.45, 7) is 0.499. The van der Waals surface area contributed by atoms with Gasteiger partial charge in [-0.3, -0.25) is 4.79 Å². The predicted molar refractivity (Wildman–Crippen MR) is 99.8 cm³/mol. The van der Waals surface area contributed by atoms with Crippen LogP contribution in [0.25, 0.3) is 11.3 Å². The molecule has 0 saturated carbocycles. The van der Waals surface area contributed by atoms with Gasteiger partial charge in [0, 0.05) is 19.9 Å². The molecule has 7 heteroatoms. The number of ether oxygens (including phenoxy) is 1. The van der Waals surface area contributed by atoms with Gasteiger partial charge in [0.25, 0.3) is 0 Å². The van der Waals surface area contributed by atoms with Crippen LogP contribution in [-0.4, -0.2) is 36.0 Å². The summed E-state index contributed by atoms with van der Waals surface area (Å²) < 4.78 is 38.2. The maximum atomic E-state index is 13.8. The van der Waals surface area contributed by atoms with E-state index >= 15 is 0 Å². The lowest BCUT2D eigenvalue weighted by atomic mass is 10.2. The molecule has 3 rings (SSSR count). The highest BCUT2D eigenvalue weighted by atomic mass is 19.1. The molecule has 0 aliphatic carbocycles. The van der Waals surface area contributed by atoms with Crippen LogP contribution in [0.4, 0.5) is 8.78 Å². The van der Waals surface area contributed by atoms with E-state index in [2.05, 4.69) is 4.98 Å². The van der Waals surface area contributed by atoms with Crippen molar-refractivity contribution in [2.24, 2.45) is 0 Å². The maximum absolute atomic E-state index is 13.8. The predicted octanol–water partition coefficient (Wildman–Crippen LogP) is 4.09. The van der Waals surface area contributed by atoms with E-state index < -0.39 is 11.6 Å². The van der Waals surface area contributed by atoms with Gasteiger partial charge in [-0.05, 0) is 24.3 Å². The van der Waals surface area contributed by atoms with E-state index in [0.717, 1.165) is 0 Å². The second-order valence-electron chi connectivity index (χ2n) is 6.19. The standard InChI is InChI=1S/C21H20F2N2O3/c1-25(12-13-27-18-9-5-4-8-17(18)23)21(26)11-10-20-24-14-19(28-20)15-6-2-3-7-16(15)22/h2-9,14H,10-13H2,1H3. The highest BCUT2D eigenvalue weighted by Gasteiger charge is 2.14. The number of aromatic nitrogens is 1. The number of hydrogen-bond acceptors (Lipinski definition) is 4. The van der Waals surface area contributed by atoms with Gasteiger partial charge in [0.05, 0.1) is 18.3 Å². The van der Waals surface area contributed by atoms with Gasteiger partial charge in [-0.1, -0.05) is 24.3 Å². The Morgan fingerprint density at radius 2 is 1.82 bits per heavy atom. The van der Waals surface area contributed by atoms with Crippen molar-refractivity contribution in [1.29, 1.82) is 0 Å². The van der Waals surface area contributed by atoms with Gasteiger partial charge in [0.2, 0.25) is 5.91 Å². The van der Waals surface area contributed by atoms with E-state index in [9.17, 15) is 13.6 Å². The van der Waals surface area contributed by atoms with E-state index in [0.29, 0.717) is 30.2 Å². The van der Waals surface area contributed by atoms with Gasteiger partial charge in [-0.2, -0.15) is 0 Å². The SMILES string of the molecule is CN(CCOc1ccccc1F)C(=O)CCc1ncc(-c2ccccc2F)o1. The average molecular weight is 386 g/mol. The zero-order chi connectivity index (χ0) is 19.9.